The first-order valence-corrected chi connectivity index (χ1v) is 12.8. The molecule has 7 heteroatoms. The Hall–Kier alpha value is -5.56. The summed E-state index contributed by atoms with van der Waals surface area (Å²) in [4.78, 5) is 57.9. The van der Waals surface area contributed by atoms with Gasteiger partial charge < -0.3 is 5.32 Å². The predicted octanol–water partition coefficient (Wildman–Crippen LogP) is 6.49. The molecule has 5 aromatic rings. The van der Waals surface area contributed by atoms with Crippen LogP contribution in [-0.4, -0.2) is 23.6 Å². The number of benzene rings is 5. The van der Waals surface area contributed by atoms with E-state index in [0.717, 1.165) is 15.4 Å². The molecule has 0 fully saturated rings. The van der Waals surface area contributed by atoms with E-state index in [1.54, 1.807) is 72.8 Å². The van der Waals surface area contributed by atoms with Crippen LogP contribution in [0.15, 0.2) is 103 Å². The third kappa shape index (κ3) is 3.38. The maximum absolute atomic E-state index is 14.1. The van der Waals surface area contributed by atoms with Gasteiger partial charge in [-0.1, -0.05) is 54.1 Å². The Balaban J connectivity index is 1.52. The molecular weight excluding hydrogens is 502 g/mol. The third-order valence-corrected chi connectivity index (χ3v) is 7.36. The molecule has 0 aromatic heterocycles. The predicted molar refractivity (Wildman–Crippen MR) is 154 cm³/mol. The van der Waals surface area contributed by atoms with Gasteiger partial charge in [0, 0.05) is 27.6 Å². The molecule has 2 aliphatic rings. The van der Waals surface area contributed by atoms with E-state index in [9.17, 15) is 19.2 Å². The first-order chi connectivity index (χ1) is 19.4. The van der Waals surface area contributed by atoms with E-state index < -0.39 is 23.6 Å². The Labute approximate surface area is 229 Å². The van der Waals surface area contributed by atoms with Crippen molar-refractivity contribution in [3.8, 4) is 0 Å². The molecule has 0 spiro atoms. The van der Waals surface area contributed by atoms with Gasteiger partial charge in [-0.3, -0.25) is 19.2 Å². The summed E-state index contributed by atoms with van der Waals surface area (Å²) in [6.45, 7) is 1.97. The Bertz CT molecular complexity index is 1900. The van der Waals surface area contributed by atoms with Crippen LogP contribution in [0.5, 0.6) is 0 Å². The first-order valence-electron chi connectivity index (χ1n) is 12.8. The second-order valence-corrected chi connectivity index (χ2v) is 9.81. The lowest BCUT2D eigenvalue weighted by Crippen LogP contribution is -2.43. The topological polar surface area (TPSA) is 86.8 Å². The van der Waals surface area contributed by atoms with Gasteiger partial charge in [-0.2, -0.15) is 0 Å². The van der Waals surface area contributed by atoms with Gasteiger partial charge in [0.05, 0.1) is 28.2 Å². The highest BCUT2D eigenvalue weighted by Gasteiger charge is 2.42. The Morgan fingerprint density at radius 1 is 0.525 bits per heavy atom. The van der Waals surface area contributed by atoms with E-state index in [-0.39, 0.29) is 22.3 Å². The number of hydrogen-bond donors (Lipinski definition) is 1. The van der Waals surface area contributed by atoms with Gasteiger partial charge >= 0.3 is 0 Å². The van der Waals surface area contributed by atoms with Crippen LogP contribution in [0.2, 0.25) is 0 Å². The van der Waals surface area contributed by atoms with Crippen LogP contribution in [0.3, 0.4) is 0 Å². The molecule has 7 rings (SSSR count). The zero-order chi connectivity index (χ0) is 27.5. The van der Waals surface area contributed by atoms with E-state index in [2.05, 4.69) is 5.32 Å². The highest BCUT2D eigenvalue weighted by Crippen LogP contribution is 2.43. The summed E-state index contributed by atoms with van der Waals surface area (Å²) in [5.41, 5.74) is 3.99. The van der Waals surface area contributed by atoms with E-state index in [0.29, 0.717) is 33.5 Å². The van der Waals surface area contributed by atoms with Crippen molar-refractivity contribution in [3.05, 3.63) is 131 Å². The maximum atomic E-state index is 14.1. The van der Waals surface area contributed by atoms with Crippen LogP contribution < -0.4 is 15.1 Å². The van der Waals surface area contributed by atoms with Gasteiger partial charge in [0.1, 0.15) is 0 Å². The molecule has 0 bridgehead atoms. The number of imide groups is 2. The summed E-state index contributed by atoms with van der Waals surface area (Å²) in [5.74, 6) is -2.08. The molecule has 5 aromatic carbocycles. The number of aryl methyl sites for hydroxylation is 1. The zero-order valence-corrected chi connectivity index (χ0v) is 21.3. The smallest absolute Gasteiger partial charge is 0.268 e. The number of rotatable bonds is 4. The maximum Gasteiger partial charge on any atom is 0.268 e. The minimum absolute atomic E-state index is 0.230. The van der Waals surface area contributed by atoms with E-state index in [1.807, 2.05) is 37.3 Å². The number of hydrogen-bond acceptors (Lipinski definition) is 5. The van der Waals surface area contributed by atoms with Crippen LogP contribution in [0.1, 0.15) is 47.0 Å². The molecule has 4 amide bonds. The summed E-state index contributed by atoms with van der Waals surface area (Å²) in [7, 11) is 0. The summed E-state index contributed by atoms with van der Waals surface area (Å²) in [5, 5.41) is 3.94. The third-order valence-electron chi connectivity index (χ3n) is 7.36. The van der Waals surface area contributed by atoms with Crippen LogP contribution >= 0.6 is 0 Å². The molecule has 0 radical (unpaired) electrons. The van der Waals surface area contributed by atoms with Gasteiger partial charge in [0.2, 0.25) is 0 Å². The first kappa shape index (κ1) is 23.5. The fraction of sp³-hybridized carbons (Fsp3) is 0.0303. The Morgan fingerprint density at radius 2 is 1.02 bits per heavy atom. The van der Waals surface area contributed by atoms with Crippen LogP contribution in [0.25, 0.3) is 10.8 Å². The molecule has 2 aliphatic heterocycles. The summed E-state index contributed by atoms with van der Waals surface area (Å²) >= 11 is 0. The average molecular weight is 524 g/mol. The van der Waals surface area contributed by atoms with Crippen LogP contribution in [0, 0.1) is 6.92 Å². The second kappa shape index (κ2) is 8.74. The molecule has 0 saturated carbocycles. The molecule has 0 aliphatic carbocycles. The second-order valence-electron chi connectivity index (χ2n) is 9.81. The van der Waals surface area contributed by atoms with Crippen LogP contribution in [-0.2, 0) is 0 Å². The number of nitrogens with one attached hydrogen (secondary N) is 1. The Kier molecular flexibility index (Phi) is 5.15. The molecule has 2 heterocycles. The van der Waals surface area contributed by atoms with Crippen molar-refractivity contribution in [2.45, 2.75) is 6.92 Å². The van der Waals surface area contributed by atoms with Crippen LogP contribution in [0.4, 0.5) is 22.7 Å². The van der Waals surface area contributed by atoms with E-state index >= 15 is 0 Å². The molecule has 0 unspecified atom stereocenters. The van der Waals surface area contributed by atoms with Crippen molar-refractivity contribution in [2.75, 3.05) is 15.1 Å². The molecule has 1 N–H and O–H groups in total. The monoisotopic (exact) mass is 523 g/mol. The fourth-order valence-electron chi connectivity index (χ4n) is 5.48. The molecule has 40 heavy (non-hydrogen) atoms. The number of nitrogens with zero attached hydrogens (tertiary/aromatic N) is 2. The quantitative estimate of drug-likeness (QED) is 0.272. The largest absolute Gasteiger partial charge is 0.355 e. The van der Waals surface area contributed by atoms with E-state index in [4.69, 9.17) is 0 Å². The lowest BCUT2D eigenvalue weighted by molar-refractivity contribution is 0.0873. The highest BCUT2D eigenvalue weighted by molar-refractivity contribution is 6.43. The molecule has 0 saturated heterocycles. The molecular formula is C33H21N3O4. The number of amides is 4. The normalized spacial score (nSPS) is 14.2. The zero-order valence-electron chi connectivity index (χ0n) is 21.3. The minimum Gasteiger partial charge on any atom is -0.355 e. The van der Waals surface area contributed by atoms with Crippen molar-refractivity contribution >= 4 is 57.2 Å². The minimum atomic E-state index is -0.535. The molecule has 7 nitrogen and oxygen atoms in total. The van der Waals surface area contributed by atoms with Gasteiger partial charge in [0.25, 0.3) is 23.6 Å². The molecule has 0 atom stereocenters. The fourth-order valence-corrected chi connectivity index (χ4v) is 5.48. The van der Waals surface area contributed by atoms with Crippen molar-refractivity contribution < 1.29 is 19.2 Å². The highest BCUT2D eigenvalue weighted by atomic mass is 16.2. The lowest BCUT2D eigenvalue weighted by Gasteiger charge is -2.33. The number of para-hydroxylation sites is 2. The molecule has 192 valence electrons. The summed E-state index contributed by atoms with van der Waals surface area (Å²) in [6.07, 6.45) is 0. The average Bonchev–Trinajstić information content (AvgIpc) is 2.97. The number of anilines is 4. The van der Waals surface area contributed by atoms with Crippen molar-refractivity contribution in [3.63, 3.8) is 0 Å². The van der Waals surface area contributed by atoms with Crippen molar-refractivity contribution in [2.24, 2.45) is 0 Å². The van der Waals surface area contributed by atoms with Gasteiger partial charge in [0.15, 0.2) is 0 Å². The van der Waals surface area contributed by atoms with Gasteiger partial charge in [-0.05, 0) is 61.5 Å². The standard InChI is InChI=1S/C33H21N3O4/c1-19-12-14-20(15-13-19)34-26-18-25-27-23(30(37)35(32(25)39)21-8-4-2-5-9-21)16-17-24-28(27)29(26)33(40)36(31(24)38)22-10-6-3-7-11-22/h2-18,34H,1H3. The summed E-state index contributed by atoms with van der Waals surface area (Å²) in [6, 6.07) is 29.8. The SMILES string of the molecule is Cc1ccc(Nc2cc3c4c(ccc5c4c2C(=O)N(c2ccccc2)C5=O)C(=O)N(c2ccccc2)C3=O)cc1. The van der Waals surface area contributed by atoms with E-state index in [1.165, 1.54) is 0 Å². The van der Waals surface area contributed by atoms with Gasteiger partial charge in [-0.15, -0.1) is 0 Å². The Morgan fingerprint density at radius 3 is 1.60 bits per heavy atom. The number of carbonyl (C=O) groups excluding carboxylic acids is 4. The van der Waals surface area contributed by atoms with Crippen molar-refractivity contribution in [1.29, 1.82) is 0 Å². The number of carbonyl (C=O) groups is 4. The van der Waals surface area contributed by atoms with Gasteiger partial charge in [-0.25, -0.2) is 9.80 Å². The van der Waals surface area contributed by atoms with Crippen molar-refractivity contribution in [1.82, 2.24) is 0 Å². The summed E-state index contributed by atoms with van der Waals surface area (Å²) < 4.78 is 0. The lowest BCUT2D eigenvalue weighted by atomic mass is 9.84.